The van der Waals surface area contributed by atoms with E-state index in [1.165, 1.54) is 18.2 Å². The molecule has 2 atom stereocenters. The van der Waals surface area contributed by atoms with Crippen LogP contribution in [0.1, 0.15) is 37.3 Å². The largest absolute Gasteiger partial charge is 0.496 e. The first-order valence-corrected chi connectivity index (χ1v) is 8.40. The van der Waals surface area contributed by atoms with Crippen molar-refractivity contribution in [1.82, 2.24) is 10.6 Å². The molecule has 0 aliphatic heterocycles. The van der Waals surface area contributed by atoms with Crippen molar-refractivity contribution >= 4 is 6.09 Å². The number of amides is 1. The lowest BCUT2D eigenvalue weighted by atomic mass is 9.87. The number of carbonyl (C=O) groups excluding carboxylic acids is 1. The smallest absolute Gasteiger partial charge is 0.406 e. The van der Waals surface area contributed by atoms with Gasteiger partial charge in [-0.3, -0.25) is 0 Å². The molecule has 5 nitrogen and oxygen atoms in total. The number of hydrogen-bond acceptors (Lipinski definition) is 4. The summed E-state index contributed by atoms with van der Waals surface area (Å²) < 4.78 is 10.1. The van der Waals surface area contributed by atoms with Crippen LogP contribution in [0.2, 0.25) is 0 Å². The van der Waals surface area contributed by atoms with E-state index in [0.29, 0.717) is 18.6 Å². The lowest BCUT2D eigenvalue weighted by Gasteiger charge is -2.30. The van der Waals surface area contributed by atoms with E-state index in [9.17, 15) is 4.79 Å². The minimum Gasteiger partial charge on any atom is -0.496 e. The number of rotatable bonds is 7. The topological polar surface area (TPSA) is 59.6 Å². The number of hydrogen-bond donors (Lipinski definition) is 2. The van der Waals surface area contributed by atoms with Crippen molar-refractivity contribution in [3.05, 3.63) is 29.3 Å². The van der Waals surface area contributed by atoms with Crippen LogP contribution in [0.3, 0.4) is 0 Å². The van der Waals surface area contributed by atoms with Crippen LogP contribution in [0.15, 0.2) is 18.2 Å². The van der Waals surface area contributed by atoms with Gasteiger partial charge in [-0.1, -0.05) is 19.1 Å². The third-order valence-corrected chi connectivity index (χ3v) is 4.57. The summed E-state index contributed by atoms with van der Waals surface area (Å²) in [5.74, 6) is 0.995. The Morgan fingerprint density at radius 3 is 2.91 bits per heavy atom. The first-order valence-electron chi connectivity index (χ1n) is 8.40. The van der Waals surface area contributed by atoms with E-state index in [1.54, 1.807) is 7.11 Å². The standard InChI is InChI=1S/C18H28N2O3/c1-4-14(10-11-19-18(21)23-3)20-15-9-8-13-6-5-7-17(22-2)16(13)12-15/h5-7,14-15,20H,4,8-12H2,1-3H3,(H,19,21). The Hall–Kier alpha value is -1.75. The summed E-state index contributed by atoms with van der Waals surface area (Å²) in [5.41, 5.74) is 2.74. The number of alkyl carbamates (subject to hydrolysis) is 1. The second-order valence-corrected chi connectivity index (χ2v) is 6.02. The highest BCUT2D eigenvalue weighted by atomic mass is 16.5. The molecule has 1 aromatic rings. The van der Waals surface area contributed by atoms with E-state index in [2.05, 4.69) is 34.4 Å². The van der Waals surface area contributed by atoms with Gasteiger partial charge in [0.25, 0.3) is 0 Å². The van der Waals surface area contributed by atoms with Crippen molar-refractivity contribution in [2.45, 2.75) is 51.1 Å². The molecule has 23 heavy (non-hydrogen) atoms. The Morgan fingerprint density at radius 1 is 1.39 bits per heavy atom. The van der Waals surface area contributed by atoms with Crippen LogP contribution in [0, 0.1) is 0 Å². The zero-order chi connectivity index (χ0) is 16.7. The summed E-state index contributed by atoms with van der Waals surface area (Å²) in [7, 11) is 3.12. The molecule has 0 bridgehead atoms. The van der Waals surface area contributed by atoms with E-state index < -0.39 is 0 Å². The molecule has 0 saturated carbocycles. The molecule has 0 fully saturated rings. The number of ether oxygens (including phenoxy) is 2. The van der Waals surface area contributed by atoms with Gasteiger partial charge in [-0.2, -0.15) is 0 Å². The zero-order valence-corrected chi connectivity index (χ0v) is 14.4. The number of nitrogens with one attached hydrogen (secondary N) is 2. The van der Waals surface area contributed by atoms with E-state index in [-0.39, 0.29) is 6.09 Å². The van der Waals surface area contributed by atoms with Crippen LogP contribution in [0.25, 0.3) is 0 Å². The van der Waals surface area contributed by atoms with Gasteiger partial charge in [0.05, 0.1) is 14.2 Å². The first kappa shape index (κ1) is 17.6. The van der Waals surface area contributed by atoms with E-state index >= 15 is 0 Å². The zero-order valence-electron chi connectivity index (χ0n) is 14.4. The fraction of sp³-hybridized carbons (Fsp3) is 0.611. The van der Waals surface area contributed by atoms with Crippen molar-refractivity contribution in [3.63, 3.8) is 0 Å². The van der Waals surface area contributed by atoms with E-state index in [4.69, 9.17) is 4.74 Å². The van der Waals surface area contributed by atoms with Crippen molar-refractivity contribution < 1.29 is 14.3 Å². The van der Waals surface area contributed by atoms with Crippen LogP contribution in [-0.2, 0) is 17.6 Å². The fourth-order valence-electron chi connectivity index (χ4n) is 3.25. The van der Waals surface area contributed by atoms with Gasteiger partial charge in [0.2, 0.25) is 0 Å². The summed E-state index contributed by atoms with van der Waals surface area (Å²) in [6, 6.07) is 7.17. The normalized spacial score (nSPS) is 18.0. The van der Waals surface area contributed by atoms with Gasteiger partial charge in [0.1, 0.15) is 5.75 Å². The maximum absolute atomic E-state index is 11.1. The van der Waals surface area contributed by atoms with Gasteiger partial charge in [0, 0.05) is 18.6 Å². The molecular formula is C18H28N2O3. The van der Waals surface area contributed by atoms with Gasteiger partial charge in [0.15, 0.2) is 0 Å². The van der Waals surface area contributed by atoms with E-state index in [0.717, 1.165) is 37.9 Å². The van der Waals surface area contributed by atoms with Gasteiger partial charge < -0.3 is 20.1 Å². The SMILES string of the molecule is CCC(CCNC(=O)OC)NC1CCc2cccc(OC)c2C1. The summed E-state index contributed by atoms with van der Waals surface area (Å²) in [6.07, 6.45) is 4.80. The Balaban J connectivity index is 1.88. The molecule has 2 unspecified atom stereocenters. The molecule has 5 heteroatoms. The molecular weight excluding hydrogens is 292 g/mol. The number of aryl methyl sites for hydroxylation is 1. The monoisotopic (exact) mass is 320 g/mol. The average molecular weight is 320 g/mol. The fourth-order valence-corrected chi connectivity index (χ4v) is 3.25. The minimum absolute atomic E-state index is 0.365. The Labute approximate surface area is 138 Å². The molecule has 0 saturated heterocycles. The van der Waals surface area contributed by atoms with Crippen LogP contribution in [0.5, 0.6) is 5.75 Å². The summed E-state index contributed by atoms with van der Waals surface area (Å²) in [5, 5.41) is 6.49. The Morgan fingerprint density at radius 2 is 2.22 bits per heavy atom. The number of fused-ring (bicyclic) bond motifs is 1. The molecule has 1 aliphatic carbocycles. The quantitative estimate of drug-likeness (QED) is 0.811. The summed E-state index contributed by atoms with van der Waals surface area (Å²) in [4.78, 5) is 11.1. The number of methoxy groups -OCH3 is 2. The van der Waals surface area contributed by atoms with E-state index in [1.807, 2.05) is 6.07 Å². The molecule has 0 radical (unpaired) electrons. The maximum Gasteiger partial charge on any atom is 0.406 e. The second kappa shape index (κ2) is 8.77. The van der Waals surface area contributed by atoms with Gasteiger partial charge in [-0.25, -0.2) is 4.79 Å². The number of carbonyl (C=O) groups is 1. The third kappa shape index (κ3) is 4.86. The van der Waals surface area contributed by atoms with Crippen molar-refractivity contribution in [1.29, 1.82) is 0 Å². The van der Waals surface area contributed by atoms with Crippen LogP contribution >= 0.6 is 0 Å². The number of benzene rings is 1. The van der Waals surface area contributed by atoms with Crippen molar-refractivity contribution in [3.8, 4) is 5.75 Å². The summed E-state index contributed by atoms with van der Waals surface area (Å²) >= 11 is 0. The lowest BCUT2D eigenvalue weighted by molar-refractivity contribution is 0.170. The summed E-state index contributed by atoms with van der Waals surface area (Å²) in [6.45, 7) is 2.80. The molecule has 1 amide bonds. The Bertz CT molecular complexity index is 505. The highest BCUT2D eigenvalue weighted by Crippen LogP contribution is 2.29. The molecule has 0 spiro atoms. The maximum atomic E-state index is 11.1. The first-order chi connectivity index (χ1) is 11.2. The van der Waals surface area contributed by atoms with Gasteiger partial charge in [-0.05, 0) is 49.3 Å². The minimum atomic E-state index is -0.365. The predicted octanol–water partition coefficient (Wildman–Crippen LogP) is 2.67. The van der Waals surface area contributed by atoms with Crippen LogP contribution < -0.4 is 15.4 Å². The van der Waals surface area contributed by atoms with Gasteiger partial charge >= 0.3 is 6.09 Å². The van der Waals surface area contributed by atoms with Crippen molar-refractivity contribution in [2.75, 3.05) is 20.8 Å². The highest BCUT2D eigenvalue weighted by Gasteiger charge is 2.23. The molecule has 2 N–H and O–H groups in total. The van der Waals surface area contributed by atoms with Crippen LogP contribution in [0.4, 0.5) is 4.79 Å². The van der Waals surface area contributed by atoms with Gasteiger partial charge in [-0.15, -0.1) is 0 Å². The van der Waals surface area contributed by atoms with Crippen molar-refractivity contribution in [2.24, 2.45) is 0 Å². The average Bonchev–Trinajstić information content (AvgIpc) is 2.59. The molecule has 128 valence electrons. The molecule has 2 rings (SSSR count). The lowest BCUT2D eigenvalue weighted by Crippen LogP contribution is -2.43. The van der Waals surface area contributed by atoms with Crippen LogP contribution in [-0.4, -0.2) is 38.9 Å². The molecule has 1 aromatic carbocycles. The molecule has 1 aliphatic rings. The molecule has 0 aromatic heterocycles. The Kier molecular flexibility index (Phi) is 6.71. The second-order valence-electron chi connectivity index (χ2n) is 6.02. The molecule has 0 heterocycles. The highest BCUT2D eigenvalue weighted by molar-refractivity contribution is 5.66. The predicted molar refractivity (Wildman–Crippen MR) is 91.0 cm³/mol. The third-order valence-electron chi connectivity index (χ3n) is 4.57.